The van der Waals surface area contributed by atoms with Crippen molar-refractivity contribution in [2.24, 2.45) is 0 Å². The van der Waals surface area contributed by atoms with Gasteiger partial charge in [-0.3, -0.25) is 4.79 Å². The van der Waals surface area contributed by atoms with Gasteiger partial charge in [-0.05, 0) is 35.9 Å². The summed E-state index contributed by atoms with van der Waals surface area (Å²) < 4.78 is 36.0. The van der Waals surface area contributed by atoms with Crippen LogP contribution in [0.25, 0.3) is 0 Å². The first-order chi connectivity index (χ1) is 12.3. The van der Waals surface area contributed by atoms with Crippen molar-refractivity contribution in [3.05, 3.63) is 64.2 Å². The SMILES string of the molecule is COC(=O)[C@H](Cc1ccc(OC)c(Cl)c1)NC(=O)c1ccc(F)c(F)c1. The molecule has 1 atom stereocenters. The van der Waals surface area contributed by atoms with Crippen LogP contribution in [-0.2, 0) is 16.0 Å². The molecule has 138 valence electrons. The summed E-state index contributed by atoms with van der Waals surface area (Å²) in [5.41, 5.74) is 0.530. The Morgan fingerprint density at radius 1 is 1.12 bits per heavy atom. The van der Waals surface area contributed by atoms with Gasteiger partial charge in [0.15, 0.2) is 11.6 Å². The molecule has 0 fully saturated rings. The summed E-state index contributed by atoms with van der Waals surface area (Å²) in [4.78, 5) is 24.2. The van der Waals surface area contributed by atoms with Crippen molar-refractivity contribution >= 4 is 23.5 Å². The molecule has 8 heteroatoms. The highest BCUT2D eigenvalue weighted by Gasteiger charge is 2.23. The topological polar surface area (TPSA) is 64.6 Å². The monoisotopic (exact) mass is 383 g/mol. The van der Waals surface area contributed by atoms with Gasteiger partial charge in [0.25, 0.3) is 5.91 Å². The van der Waals surface area contributed by atoms with E-state index < -0.39 is 29.6 Å². The number of hydrogen-bond acceptors (Lipinski definition) is 4. The molecule has 2 aromatic rings. The predicted octanol–water partition coefficient (Wildman–Crippen LogP) is 3.14. The van der Waals surface area contributed by atoms with Crippen LogP contribution < -0.4 is 10.1 Å². The molecule has 0 aliphatic carbocycles. The molecule has 2 rings (SSSR count). The molecule has 0 saturated heterocycles. The van der Waals surface area contributed by atoms with Crippen LogP contribution in [0.5, 0.6) is 5.75 Å². The molecule has 0 aromatic heterocycles. The highest BCUT2D eigenvalue weighted by molar-refractivity contribution is 6.32. The van der Waals surface area contributed by atoms with E-state index in [4.69, 9.17) is 21.1 Å². The number of hydrogen-bond donors (Lipinski definition) is 1. The molecular weight excluding hydrogens is 368 g/mol. The highest BCUT2D eigenvalue weighted by atomic mass is 35.5. The fourth-order valence-corrected chi connectivity index (χ4v) is 2.57. The van der Waals surface area contributed by atoms with E-state index in [0.29, 0.717) is 16.3 Å². The largest absolute Gasteiger partial charge is 0.495 e. The Balaban J connectivity index is 2.19. The number of nitrogens with one attached hydrogen (secondary N) is 1. The van der Waals surface area contributed by atoms with Crippen LogP contribution in [0.2, 0.25) is 5.02 Å². The third kappa shape index (κ3) is 4.70. The summed E-state index contributed by atoms with van der Waals surface area (Å²) in [5.74, 6) is -3.18. The van der Waals surface area contributed by atoms with Gasteiger partial charge in [0.1, 0.15) is 11.8 Å². The van der Waals surface area contributed by atoms with Gasteiger partial charge in [0, 0.05) is 12.0 Å². The Morgan fingerprint density at radius 3 is 2.42 bits per heavy atom. The van der Waals surface area contributed by atoms with E-state index >= 15 is 0 Å². The lowest BCUT2D eigenvalue weighted by Crippen LogP contribution is -2.43. The molecule has 2 aromatic carbocycles. The van der Waals surface area contributed by atoms with Crippen molar-refractivity contribution in [3.8, 4) is 5.75 Å². The van der Waals surface area contributed by atoms with Crippen molar-refractivity contribution in [2.45, 2.75) is 12.5 Å². The zero-order valence-corrected chi connectivity index (χ0v) is 14.8. The summed E-state index contributed by atoms with van der Waals surface area (Å²) in [7, 11) is 2.65. The molecule has 26 heavy (non-hydrogen) atoms. The molecule has 0 saturated carbocycles. The number of benzene rings is 2. The number of methoxy groups -OCH3 is 2. The van der Waals surface area contributed by atoms with Crippen molar-refractivity contribution < 1.29 is 27.8 Å². The third-order valence-electron chi connectivity index (χ3n) is 3.63. The Bertz CT molecular complexity index is 829. The number of halogens is 3. The lowest BCUT2D eigenvalue weighted by atomic mass is 10.0. The number of carbonyl (C=O) groups is 2. The van der Waals surface area contributed by atoms with Gasteiger partial charge in [-0.25, -0.2) is 13.6 Å². The molecule has 0 unspecified atom stereocenters. The van der Waals surface area contributed by atoms with E-state index in [1.165, 1.54) is 14.2 Å². The average Bonchev–Trinajstić information content (AvgIpc) is 2.62. The maximum atomic E-state index is 13.3. The standard InChI is InChI=1S/C18H16ClF2NO4/c1-25-16-6-3-10(7-12(16)19)8-15(18(24)26-2)22-17(23)11-4-5-13(20)14(21)9-11/h3-7,9,15H,8H2,1-2H3,(H,22,23)/t15-/m0/s1. The number of carbonyl (C=O) groups excluding carboxylic acids is 2. The fourth-order valence-electron chi connectivity index (χ4n) is 2.29. The number of esters is 1. The lowest BCUT2D eigenvalue weighted by molar-refractivity contribution is -0.142. The Morgan fingerprint density at radius 2 is 1.85 bits per heavy atom. The Labute approximate surface area is 153 Å². The van der Waals surface area contributed by atoms with E-state index in [1.807, 2.05) is 0 Å². The van der Waals surface area contributed by atoms with Crippen LogP contribution in [0.4, 0.5) is 8.78 Å². The molecule has 0 bridgehead atoms. The summed E-state index contributed by atoms with van der Waals surface area (Å²) in [5, 5.41) is 2.80. The van der Waals surface area contributed by atoms with Gasteiger partial charge in [0.05, 0.1) is 19.2 Å². The predicted molar refractivity (Wildman–Crippen MR) is 91.3 cm³/mol. The van der Waals surface area contributed by atoms with E-state index in [-0.39, 0.29) is 12.0 Å². The zero-order chi connectivity index (χ0) is 19.3. The van der Waals surface area contributed by atoms with Crippen LogP contribution in [-0.4, -0.2) is 32.1 Å². The normalized spacial score (nSPS) is 11.6. The van der Waals surface area contributed by atoms with Crippen LogP contribution >= 0.6 is 11.6 Å². The van der Waals surface area contributed by atoms with E-state index in [2.05, 4.69) is 5.32 Å². The van der Waals surface area contributed by atoms with Crippen molar-refractivity contribution in [1.82, 2.24) is 5.32 Å². The molecule has 0 spiro atoms. The van der Waals surface area contributed by atoms with Gasteiger partial charge in [-0.15, -0.1) is 0 Å². The number of amides is 1. The Kier molecular flexibility index (Phi) is 6.52. The molecule has 5 nitrogen and oxygen atoms in total. The van der Waals surface area contributed by atoms with Crippen molar-refractivity contribution in [2.75, 3.05) is 14.2 Å². The zero-order valence-electron chi connectivity index (χ0n) is 14.0. The lowest BCUT2D eigenvalue weighted by Gasteiger charge is -2.17. The maximum absolute atomic E-state index is 13.3. The van der Waals surface area contributed by atoms with Crippen LogP contribution in [0, 0.1) is 11.6 Å². The number of rotatable bonds is 6. The van der Waals surface area contributed by atoms with Gasteiger partial charge >= 0.3 is 5.97 Å². The second kappa shape index (κ2) is 8.62. The molecule has 0 aliphatic heterocycles. The van der Waals surface area contributed by atoms with Crippen LogP contribution in [0.3, 0.4) is 0 Å². The molecule has 1 amide bonds. The van der Waals surface area contributed by atoms with E-state index in [1.54, 1.807) is 18.2 Å². The van der Waals surface area contributed by atoms with Crippen molar-refractivity contribution in [3.63, 3.8) is 0 Å². The first-order valence-electron chi connectivity index (χ1n) is 7.52. The summed E-state index contributed by atoms with van der Waals surface area (Å²) >= 11 is 6.05. The molecule has 0 aliphatic rings. The first-order valence-corrected chi connectivity index (χ1v) is 7.89. The van der Waals surface area contributed by atoms with Crippen LogP contribution in [0.1, 0.15) is 15.9 Å². The van der Waals surface area contributed by atoms with Gasteiger partial charge < -0.3 is 14.8 Å². The van der Waals surface area contributed by atoms with Crippen molar-refractivity contribution in [1.29, 1.82) is 0 Å². The smallest absolute Gasteiger partial charge is 0.328 e. The quantitative estimate of drug-likeness (QED) is 0.778. The average molecular weight is 384 g/mol. The molecule has 0 heterocycles. The van der Waals surface area contributed by atoms with E-state index in [0.717, 1.165) is 18.2 Å². The Hall–Kier alpha value is -2.67. The fraction of sp³-hybridized carbons (Fsp3) is 0.222. The first kappa shape index (κ1) is 19.7. The second-order valence-corrected chi connectivity index (χ2v) is 5.76. The minimum absolute atomic E-state index is 0.0891. The van der Waals surface area contributed by atoms with Crippen LogP contribution in [0.15, 0.2) is 36.4 Å². The summed E-state index contributed by atoms with van der Waals surface area (Å²) in [6, 6.07) is 6.58. The maximum Gasteiger partial charge on any atom is 0.328 e. The molecule has 0 radical (unpaired) electrons. The molecule has 1 N–H and O–H groups in total. The number of ether oxygens (including phenoxy) is 2. The van der Waals surface area contributed by atoms with Gasteiger partial charge in [0.2, 0.25) is 0 Å². The summed E-state index contributed by atoms with van der Waals surface area (Å²) in [6.07, 6.45) is 0.0891. The summed E-state index contributed by atoms with van der Waals surface area (Å²) in [6.45, 7) is 0. The van der Waals surface area contributed by atoms with E-state index in [9.17, 15) is 18.4 Å². The second-order valence-electron chi connectivity index (χ2n) is 5.35. The minimum atomic E-state index is -1.16. The third-order valence-corrected chi connectivity index (χ3v) is 3.92. The minimum Gasteiger partial charge on any atom is -0.495 e. The molecular formula is C18H16ClF2NO4. The highest BCUT2D eigenvalue weighted by Crippen LogP contribution is 2.25. The van der Waals surface area contributed by atoms with Gasteiger partial charge in [-0.2, -0.15) is 0 Å². The van der Waals surface area contributed by atoms with Gasteiger partial charge in [-0.1, -0.05) is 17.7 Å².